The van der Waals surface area contributed by atoms with Crippen LogP contribution in [0.15, 0.2) is 42.5 Å². The fraction of sp³-hybridized carbons (Fsp3) is 0.350. The number of carbonyl (C=O) groups is 1. The first-order valence-electron chi connectivity index (χ1n) is 8.22. The van der Waals surface area contributed by atoms with Gasteiger partial charge in [0, 0.05) is 25.7 Å². The predicted molar refractivity (Wildman–Crippen MR) is 105 cm³/mol. The topological polar surface area (TPSA) is 38.8 Å². The second-order valence-corrected chi connectivity index (χ2v) is 7.99. The van der Waals surface area contributed by atoms with Crippen LogP contribution in [0.3, 0.4) is 0 Å². The number of hydrogen-bond donors (Lipinski definition) is 0. The first-order valence-corrected chi connectivity index (χ1v) is 8.98. The first kappa shape index (κ1) is 18.9. The molecule has 1 aliphatic carbocycles. The van der Waals surface area contributed by atoms with Gasteiger partial charge in [0.05, 0.1) is 25.7 Å². The van der Waals surface area contributed by atoms with Crippen LogP contribution < -0.4 is 14.4 Å². The standard InChI is InChI=1S/C20H21Cl2NO3/c1-23(2)13-7-5-12(6-8-13)17-18(20(17,21)22)19(24)15-11-14(25-3)9-10-16(15)26-4/h5-11,17-18H,1-4H3. The summed E-state index contributed by atoms with van der Waals surface area (Å²) in [5.74, 6) is 0.125. The van der Waals surface area contributed by atoms with Gasteiger partial charge in [0.1, 0.15) is 15.8 Å². The molecule has 1 aliphatic rings. The quantitative estimate of drug-likeness (QED) is 0.533. The number of halogens is 2. The summed E-state index contributed by atoms with van der Waals surface area (Å²) in [7, 11) is 7.02. The maximum absolute atomic E-state index is 13.1. The van der Waals surface area contributed by atoms with Crippen LogP contribution in [0, 0.1) is 5.92 Å². The van der Waals surface area contributed by atoms with Crippen molar-refractivity contribution in [2.24, 2.45) is 5.92 Å². The van der Waals surface area contributed by atoms with E-state index in [-0.39, 0.29) is 11.7 Å². The van der Waals surface area contributed by atoms with Gasteiger partial charge in [0.2, 0.25) is 0 Å². The number of benzene rings is 2. The first-order chi connectivity index (χ1) is 12.3. The molecular weight excluding hydrogens is 373 g/mol. The van der Waals surface area contributed by atoms with E-state index in [4.69, 9.17) is 32.7 Å². The summed E-state index contributed by atoms with van der Waals surface area (Å²) >= 11 is 13.0. The van der Waals surface area contributed by atoms with Gasteiger partial charge >= 0.3 is 0 Å². The van der Waals surface area contributed by atoms with Crippen LogP contribution in [0.1, 0.15) is 21.8 Å². The molecule has 1 fully saturated rings. The maximum atomic E-state index is 13.1. The molecule has 138 valence electrons. The molecule has 6 heteroatoms. The summed E-state index contributed by atoms with van der Waals surface area (Å²) in [6.45, 7) is 0. The highest BCUT2D eigenvalue weighted by Gasteiger charge is 2.67. The SMILES string of the molecule is COc1ccc(OC)c(C(=O)C2C(c3ccc(N(C)C)cc3)C2(Cl)Cl)c1. The second-order valence-electron chi connectivity index (χ2n) is 6.55. The minimum Gasteiger partial charge on any atom is -0.497 e. The molecule has 3 rings (SSSR count). The third kappa shape index (κ3) is 3.24. The summed E-state index contributed by atoms with van der Waals surface area (Å²) in [6.07, 6.45) is 0. The molecule has 2 unspecified atom stereocenters. The van der Waals surface area contributed by atoms with Gasteiger partial charge in [-0.25, -0.2) is 0 Å². The van der Waals surface area contributed by atoms with E-state index in [1.54, 1.807) is 25.3 Å². The molecule has 2 aromatic rings. The average molecular weight is 394 g/mol. The third-order valence-electron chi connectivity index (χ3n) is 4.78. The molecule has 0 radical (unpaired) electrons. The molecule has 26 heavy (non-hydrogen) atoms. The lowest BCUT2D eigenvalue weighted by atomic mass is 10.0. The van der Waals surface area contributed by atoms with Crippen LogP contribution in [-0.2, 0) is 0 Å². The molecule has 2 atom stereocenters. The number of nitrogens with zero attached hydrogens (tertiary/aromatic N) is 1. The molecule has 0 aliphatic heterocycles. The monoisotopic (exact) mass is 393 g/mol. The number of ketones is 1. The van der Waals surface area contributed by atoms with Crippen molar-refractivity contribution in [1.29, 1.82) is 0 Å². The zero-order chi connectivity index (χ0) is 19.1. The molecule has 0 heterocycles. The van der Waals surface area contributed by atoms with Gasteiger partial charge in [-0.2, -0.15) is 0 Å². The van der Waals surface area contributed by atoms with E-state index < -0.39 is 10.3 Å². The number of rotatable bonds is 6. The van der Waals surface area contributed by atoms with E-state index in [2.05, 4.69) is 0 Å². The van der Waals surface area contributed by atoms with Crippen LogP contribution in [0.25, 0.3) is 0 Å². The van der Waals surface area contributed by atoms with Gasteiger partial charge in [-0.15, -0.1) is 23.2 Å². The van der Waals surface area contributed by atoms with Crippen LogP contribution in [-0.4, -0.2) is 38.4 Å². The van der Waals surface area contributed by atoms with Crippen molar-refractivity contribution in [1.82, 2.24) is 0 Å². The highest BCUT2D eigenvalue weighted by molar-refractivity contribution is 6.54. The Morgan fingerprint density at radius 3 is 2.23 bits per heavy atom. The molecule has 0 N–H and O–H groups in total. The lowest BCUT2D eigenvalue weighted by molar-refractivity contribution is 0.0961. The molecule has 2 aromatic carbocycles. The number of alkyl halides is 2. The molecule has 0 bridgehead atoms. The Morgan fingerprint density at radius 2 is 1.69 bits per heavy atom. The largest absolute Gasteiger partial charge is 0.497 e. The Hall–Kier alpha value is -1.91. The van der Waals surface area contributed by atoms with E-state index in [9.17, 15) is 4.79 Å². The maximum Gasteiger partial charge on any atom is 0.173 e. The summed E-state index contributed by atoms with van der Waals surface area (Å²) in [5.41, 5.74) is 2.44. The van der Waals surface area contributed by atoms with Crippen molar-refractivity contribution in [3.63, 3.8) is 0 Å². The van der Waals surface area contributed by atoms with E-state index in [1.807, 2.05) is 43.3 Å². The van der Waals surface area contributed by atoms with Crippen molar-refractivity contribution in [2.45, 2.75) is 10.3 Å². The number of methoxy groups -OCH3 is 2. The van der Waals surface area contributed by atoms with Gasteiger partial charge in [-0.1, -0.05) is 12.1 Å². The summed E-state index contributed by atoms with van der Waals surface area (Å²) in [6, 6.07) is 13.0. The molecular formula is C20H21Cl2NO3. The smallest absolute Gasteiger partial charge is 0.173 e. The fourth-order valence-corrected chi connectivity index (χ4v) is 4.05. The van der Waals surface area contributed by atoms with E-state index in [0.717, 1.165) is 11.3 Å². The number of ether oxygens (including phenoxy) is 2. The zero-order valence-corrected chi connectivity index (χ0v) is 16.6. The molecule has 0 amide bonds. The number of hydrogen-bond acceptors (Lipinski definition) is 4. The number of carbonyl (C=O) groups excluding carboxylic acids is 1. The molecule has 4 nitrogen and oxygen atoms in total. The summed E-state index contributed by atoms with van der Waals surface area (Å²) in [4.78, 5) is 15.1. The Kier molecular flexibility index (Phi) is 5.09. The Labute approximate surface area is 163 Å². The third-order valence-corrected chi connectivity index (χ3v) is 5.72. The fourth-order valence-electron chi connectivity index (χ4n) is 3.22. The van der Waals surface area contributed by atoms with E-state index in [1.165, 1.54) is 7.11 Å². The van der Waals surface area contributed by atoms with Gasteiger partial charge in [-0.05, 0) is 35.9 Å². The number of Topliss-reactive ketones (excluding diaryl/α,β-unsaturated/α-hetero) is 1. The van der Waals surface area contributed by atoms with Gasteiger partial charge in [-0.3, -0.25) is 4.79 Å². The average Bonchev–Trinajstić information content (AvgIpc) is 3.22. The lowest BCUT2D eigenvalue weighted by Gasteiger charge is -2.12. The normalized spacial score (nSPS) is 20.4. The molecule has 0 aromatic heterocycles. The molecule has 0 saturated heterocycles. The van der Waals surface area contributed by atoms with Crippen molar-refractivity contribution < 1.29 is 14.3 Å². The summed E-state index contributed by atoms with van der Waals surface area (Å²) in [5, 5.41) is 0. The molecule has 0 spiro atoms. The minimum absolute atomic E-state index is 0.146. The Balaban J connectivity index is 1.91. The minimum atomic E-state index is -1.13. The van der Waals surface area contributed by atoms with Crippen LogP contribution in [0.4, 0.5) is 5.69 Å². The summed E-state index contributed by atoms with van der Waals surface area (Å²) < 4.78 is 9.42. The van der Waals surface area contributed by atoms with Crippen LogP contribution in [0.2, 0.25) is 0 Å². The highest BCUT2D eigenvalue weighted by atomic mass is 35.5. The number of anilines is 1. The van der Waals surface area contributed by atoms with E-state index in [0.29, 0.717) is 17.1 Å². The second kappa shape index (κ2) is 7.01. The van der Waals surface area contributed by atoms with Crippen molar-refractivity contribution in [2.75, 3.05) is 33.2 Å². The zero-order valence-electron chi connectivity index (χ0n) is 15.1. The van der Waals surface area contributed by atoms with Crippen LogP contribution in [0.5, 0.6) is 11.5 Å². The predicted octanol–water partition coefficient (Wildman–Crippen LogP) is 4.54. The van der Waals surface area contributed by atoms with Gasteiger partial charge in [0.25, 0.3) is 0 Å². The molecule has 1 saturated carbocycles. The van der Waals surface area contributed by atoms with Crippen molar-refractivity contribution >= 4 is 34.7 Å². The Morgan fingerprint density at radius 1 is 1.04 bits per heavy atom. The van der Waals surface area contributed by atoms with Gasteiger partial charge < -0.3 is 14.4 Å². The van der Waals surface area contributed by atoms with Gasteiger partial charge in [0.15, 0.2) is 5.78 Å². The van der Waals surface area contributed by atoms with Crippen molar-refractivity contribution in [3.05, 3.63) is 53.6 Å². The van der Waals surface area contributed by atoms with E-state index >= 15 is 0 Å². The van der Waals surface area contributed by atoms with Crippen molar-refractivity contribution in [3.8, 4) is 11.5 Å². The highest BCUT2D eigenvalue weighted by Crippen LogP contribution is 2.66. The van der Waals surface area contributed by atoms with Crippen LogP contribution >= 0.6 is 23.2 Å². The Bertz CT molecular complexity index is 818. The lowest BCUT2D eigenvalue weighted by Crippen LogP contribution is -2.09.